The molecule has 29 heavy (non-hydrogen) atoms. The first-order chi connectivity index (χ1) is 13.6. The molecule has 2 N–H and O–H groups in total. The smallest absolute Gasteiger partial charge is 0.239 e. The highest BCUT2D eigenvalue weighted by molar-refractivity contribution is 5.85. The number of β-amino-alcohol motifs (C(OH)–C–C–N with tert-alkyl or cyclic N) is 1. The number of piperidine rings is 1. The van der Waals surface area contributed by atoms with Gasteiger partial charge < -0.3 is 20.2 Å². The molecule has 2 fully saturated rings. The lowest BCUT2D eigenvalue weighted by Crippen LogP contribution is -2.47. The highest BCUT2D eigenvalue weighted by Gasteiger charge is 2.33. The first kappa shape index (κ1) is 22.1. The van der Waals surface area contributed by atoms with Crippen molar-refractivity contribution in [2.75, 3.05) is 26.2 Å². The van der Waals surface area contributed by atoms with E-state index in [0.717, 1.165) is 51.9 Å². The summed E-state index contributed by atoms with van der Waals surface area (Å²) in [6.07, 6.45) is 4.53. The first-order valence-electron chi connectivity index (χ1n) is 10.6. The van der Waals surface area contributed by atoms with Crippen molar-refractivity contribution in [2.45, 2.75) is 57.2 Å². The summed E-state index contributed by atoms with van der Waals surface area (Å²) in [5.74, 6) is 0.905. The summed E-state index contributed by atoms with van der Waals surface area (Å²) in [4.78, 5) is 29.1. The fourth-order valence-electron chi connectivity index (χ4n) is 4.76. The molecular formula is C22H32ClN3O3. The quantitative estimate of drug-likeness (QED) is 0.776. The zero-order valence-electron chi connectivity index (χ0n) is 16.9. The van der Waals surface area contributed by atoms with E-state index in [1.54, 1.807) is 0 Å². The molecule has 7 heteroatoms. The number of aliphatic hydroxyl groups is 1. The van der Waals surface area contributed by atoms with E-state index in [1.165, 1.54) is 11.1 Å². The minimum Gasteiger partial charge on any atom is -0.392 e. The van der Waals surface area contributed by atoms with Gasteiger partial charge in [0.1, 0.15) is 0 Å². The number of aliphatic hydroxyl groups excluding tert-OH is 1. The fraction of sp³-hybridized carbons (Fsp3) is 0.636. The normalized spacial score (nSPS) is 24.7. The SMILES string of the molecule is Cl.O=C(CCC1CCN(C(=O)[C@@H]2C[C@@H](O)CN2)CC1)N1CCc2ccccc2C1. The van der Waals surface area contributed by atoms with Gasteiger partial charge in [0.15, 0.2) is 0 Å². The van der Waals surface area contributed by atoms with Crippen molar-refractivity contribution in [3.8, 4) is 0 Å². The molecule has 2 saturated heterocycles. The fourth-order valence-corrected chi connectivity index (χ4v) is 4.76. The number of carbonyl (C=O) groups is 2. The average molecular weight is 422 g/mol. The van der Waals surface area contributed by atoms with Crippen molar-refractivity contribution >= 4 is 24.2 Å². The zero-order valence-corrected chi connectivity index (χ0v) is 17.7. The van der Waals surface area contributed by atoms with Gasteiger partial charge in [0.2, 0.25) is 11.8 Å². The monoisotopic (exact) mass is 421 g/mol. The highest BCUT2D eigenvalue weighted by atomic mass is 35.5. The van der Waals surface area contributed by atoms with Gasteiger partial charge in [-0.15, -0.1) is 12.4 Å². The Morgan fingerprint density at radius 3 is 2.48 bits per heavy atom. The van der Waals surface area contributed by atoms with Gasteiger partial charge in [-0.3, -0.25) is 9.59 Å². The molecule has 4 rings (SSSR count). The van der Waals surface area contributed by atoms with Gasteiger partial charge in [0.25, 0.3) is 0 Å². The van der Waals surface area contributed by atoms with E-state index in [4.69, 9.17) is 0 Å². The molecule has 1 aromatic rings. The molecule has 0 unspecified atom stereocenters. The molecule has 3 aliphatic rings. The third-order valence-electron chi connectivity index (χ3n) is 6.58. The van der Waals surface area contributed by atoms with Crippen LogP contribution >= 0.6 is 12.4 Å². The summed E-state index contributed by atoms with van der Waals surface area (Å²) < 4.78 is 0. The Hall–Kier alpha value is -1.63. The van der Waals surface area contributed by atoms with Crippen LogP contribution in [0, 0.1) is 5.92 Å². The van der Waals surface area contributed by atoms with Crippen molar-refractivity contribution < 1.29 is 14.7 Å². The Labute approximate surface area is 179 Å². The van der Waals surface area contributed by atoms with Gasteiger partial charge in [-0.1, -0.05) is 24.3 Å². The second-order valence-electron chi connectivity index (χ2n) is 8.49. The molecule has 6 nitrogen and oxygen atoms in total. The van der Waals surface area contributed by atoms with E-state index in [-0.39, 0.29) is 30.3 Å². The Bertz CT molecular complexity index is 721. The molecule has 0 bridgehead atoms. The van der Waals surface area contributed by atoms with E-state index in [9.17, 15) is 14.7 Å². The van der Waals surface area contributed by atoms with Crippen LogP contribution in [-0.2, 0) is 22.6 Å². The van der Waals surface area contributed by atoms with Gasteiger partial charge in [0.05, 0.1) is 12.1 Å². The van der Waals surface area contributed by atoms with Crippen molar-refractivity contribution in [1.82, 2.24) is 15.1 Å². The van der Waals surface area contributed by atoms with E-state index in [2.05, 4.69) is 23.5 Å². The van der Waals surface area contributed by atoms with Crippen LogP contribution in [0.4, 0.5) is 0 Å². The number of benzene rings is 1. The minimum atomic E-state index is -0.403. The van der Waals surface area contributed by atoms with E-state index < -0.39 is 6.10 Å². The van der Waals surface area contributed by atoms with Crippen LogP contribution in [0.2, 0.25) is 0 Å². The van der Waals surface area contributed by atoms with Gasteiger partial charge in [-0.05, 0) is 49.1 Å². The van der Waals surface area contributed by atoms with Crippen LogP contribution in [0.5, 0.6) is 0 Å². The summed E-state index contributed by atoms with van der Waals surface area (Å²) in [5, 5.41) is 12.7. The molecule has 160 valence electrons. The number of hydrogen-bond donors (Lipinski definition) is 2. The summed E-state index contributed by atoms with van der Waals surface area (Å²) in [6.45, 7) is 3.60. The van der Waals surface area contributed by atoms with Crippen LogP contribution < -0.4 is 5.32 Å². The average Bonchev–Trinajstić information content (AvgIpc) is 3.17. The summed E-state index contributed by atoms with van der Waals surface area (Å²) in [5.41, 5.74) is 2.65. The van der Waals surface area contributed by atoms with Crippen LogP contribution in [0.25, 0.3) is 0 Å². The minimum absolute atomic E-state index is 0. The molecule has 2 amide bonds. The number of nitrogens with one attached hydrogen (secondary N) is 1. The van der Waals surface area contributed by atoms with Crippen LogP contribution in [0.15, 0.2) is 24.3 Å². The lowest BCUT2D eigenvalue weighted by Gasteiger charge is -2.34. The molecule has 1 aromatic carbocycles. The summed E-state index contributed by atoms with van der Waals surface area (Å²) in [7, 11) is 0. The van der Waals surface area contributed by atoms with Gasteiger partial charge in [0, 0.05) is 39.1 Å². The Balaban J connectivity index is 0.00000240. The first-order valence-corrected chi connectivity index (χ1v) is 10.6. The number of likely N-dealkylation sites (tertiary alicyclic amines) is 1. The molecule has 3 aliphatic heterocycles. The molecule has 0 radical (unpaired) electrons. The van der Waals surface area contributed by atoms with Crippen molar-refractivity contribution in [3.63, 3.8) is 0 Å². The maximum atomic E-state index is 12.7. The number of hydrogen-bond acceptors (Lipinski definition) is 4. The molecule has 3 heterocycles. The van der Waals surface area contributed by atoms with E-state index >= 15 is 0 Å². The van der Waals surface area contributed by atoms with Crippen LogP contribution in [-0.4, -0.2) is 65.0 Å². The zero-order chi connectivity index (χ0) is 19.5. The largest absolute Gasteiger partial charge is 0.392 e. The van der Waals surface area contributed by atoms with Crippen molar-refractivity contribution in [3.05, 3.63) is 35.4 Å². The number of rotatable bonds is 4. The third-order valence-corrected chi connectivity index (χ3v) is 6.58. The molecule has 0 aliphatic carbocycles. The lowest BCUT2D eigenvalue weighted by atomic mass is 9.91. The lowest BCUT2D eigenvalue weighted by molar-refractivity contribution is -0.135. The topological polar surface area (TPSA) is 72.9 Å². The Kier molecular flexibility index (Phi) is 7.55. The van der Waals surface area contributed by atoms with Crippen LogP contribution in [0.3, 0.4) is 0 Å². The number of nitrogens with zero attached hydrogens (tertiary/aromatic N) is 2. The highest BCUT2D eigenvalue weighted by Crippen LogP contribution is 2.25. The summed E-state index contributed by atoms with van der Waals surface area (Å²) in [6, 6.07) is 8.17. The maximum absolute atomic E-state index is 12.7. The molecule has 2 atom stereocenters. The van der Waals surface area contributed by atoms with Crippen molar-refractivity contribution in [1.29, 1.82) is 0 Å². The number of amides is 2. The second kappa shape index (κ2) is 9.92. The third kappa shape index (κ3) is 5.30. The van der Waals surface area contributed by atoms with E-state index in [0.29, 0.717) is 25.3 Å². The maximum Gasteiger partial charge on any atom is 0.239 e. The molecular weight excluding hydrogens is 390 g/mol. The number of fused-ring (bicyclic) bond motifs is 1. The number of halogens is 1. The van der Waals surface area contributed by atoms with Gasteiger partial charge in [-0.2, -0.15) is 0 Å². The summed E-state index contributed by atoms with van der Waals surface area (Å²) >= 11 is 0. The van der Waals surface area contributed by atoms with Crippen LogP contribution in [0.1, 0.15) is 43.2 Å². The standard InChI is InChI=1S/C22H31N3O3.ClH/c26-19-13-20(23-14-19)22(28)24-10-7-16(8-11-24)5-6-21(27)25-12-9-17-3-1-2-4-18(17)15-25;/h1-4,16,19-20,23,26H,5-15H2;1H/t19-,20+;/m1./s1. The second-order valence-corrected chi connectivity index (χ2v) is 8.49. The Morgan fingerprint density at radius 1 is 1.07 bits per heavy atom. The van der Waals surface area contributed by atoms with Gasteiger partial charge >= 0.3 is 0 Å². The molecule has 0 aromatic heterocycles. The predicted octanol–water partition coefficient (Wildman–Crippen LogP) is 1.73. The van der Waals surface area contributed by atoms with Gasteiger partial charge in [-0.25, -0.2) is 0 Å². The molecule has 0 saturated carbocycles. The predicted molar refractivity (Wildman–Crippen MR) is 114 cm³/mol. The van der Waals surface area contributed by atoms with Crippen molar-refractivity contribution in [2.24, 2.45) is 5.92 Å². The molecule has 0 spiro atoms. The Morgan fingerprint density at radius 2 is 1.79 bits per heavy atom. The number of carbonyl (C=O) groups excluding carboxylic acids is 2. The van der Waals surface area contributed by atoms with E-state index in [1.807, 2.05) is 15.9 Å².